The van der Waals surface area contributed by atoms with E-state index in [2.05, 4.69) is 5.32 Å². The highest BCUT2D eigenvalue weighted by Gasteiger charge is 2.31. The van der Waals surface area contributed by atoms with Crippen LogP contribution in [0.4, 0.5) is 0 Å². The zero-order valence-electron chi connectivity index (χ0n) is 21.2. The molecule has 4 nitrogen and oxygen atoms in total. The molecular formula is C29H30Cl4N2O2S. The van der Waals surface area contributed by atoms with Crippen molar-refractivity contribution in [3.8, 4) is 0 Å². The summed E-state index contributed by atoms with van der Waals surface area (Å²) in [6, 6.07) is 19.4. The highest BCUT2D eigenvalue weighted by molar-refractivity contribution is 7.99. The highest BCUT2D eigenvalue weighted by Crippen LogP contribution is 2.30. The lowest BCUT2D eigenvalue weighted by atomic mass is 10.0. The third kappa shape index (κ3) is 8.82. The number of amides is 2. The van der Waals surface area contributed by atoms with Gasteiger partial charge in [0.25, 0.3) is 0 Å². The molecule has 0 bridgehead atoms. The van der Waals surface area contributed by atoms with Gasteiger partial charge in [0.2, 0.25) is 11.8 Å². The Bertz CT molecular complexity index is 1200. The Labute approximate surface area is 249 Å². The monoisotopic (exact) mass is 610 g/mol. The first-order valence-electron chi connectivity index (χ1n) is 12.2. The second-order valence-corrected chi connectivity index (χ2v) is 11.9. The summed E-state index contributed by atoms with van der Waals surface area (Å²) in [5.74, 6) is 0.391. The van der Waals surface area contributed by atoms with Crippen molar-refractivity contribution >= 4 is 70.0 Å². The molecule has 0 radical (unpaired) electrons. The van der Waals surface area contributed by atoms with E-state index in [1.807, 2.05) is 44.2 Å². The van der Waals surface area contributed by atoms with Gasteiger partial charge in [-0.05, 0) is 41.3 Å². The van der Waals surface area contributed by atoms with Crippen LogP contribution in [0.1, 0.15) is 30.5 Å². The molecule has 2 amide bonds. The molecule has 3 aromatic rings. The van der Waals surface area contributed by atoms with Crippen molar-refractivity contribution in [1.82, 2.24) is 10.2 Å². The van der Waals surface area contributed by atoms with Gasteiger partial charge < -0.3 is 10.2 Å². The van der Waals surface area contributed by atoms with Crippen molar-refractivity contribution in [3.05, 3.63) is 104 Å². The quantitative estimate of drug-likeness (QED) is 0.226. The molecule has 0 aliphatic rings. The lowest BCUT2D eigenvalue weighted by Gasteiger charge is -2.32. The van der Waals surface area contributed by atoms with Crippen LogP contribution >= 0.6 is 58.2 Å². The Morgan fingerprint density at radius 2 is 1.37 bits per heavy atom. The van der Waals surface area contributed by atoms with E-state index in [-0.39, 0.29) is 30.0 Å². The molecule has 202 valence electrons. The number of benzene rings is 3. The molecule has 3 aromatic carbocycles. The summed E-state index contributed by atoms with van der Waals surface area (Å²) in [7, 11) is 0. The van der Waals surface area contributed by atoms with E-state index >= 15 is 0 Å². The van der Waals surface area contributed by atoms with Gasteiger partial charge in [0, 0.05) is 50.9 Å². The van der Waals surface area contributed by atoms with Crippen LogP contribution in [0.3, 0.4) is 0 Å². The minimum Gasteiger partial charge on any atom is -0.354 e. The molecule has 1 unspecified atom stereocenters. The summed E-state index contributed by atoms with van der Waals surface area (Å²) < 4.78 is 0. The number of hydrogen-bond acceptors (Lipinski definition) is 3. The third-order valence-electron chi connectivity index (χ3n) is 5.88. The molecular weight excluding hydrogens is 582 g/mol. The van der Waals surface area contributed by atoms with Gasteiger partial charge in [-0.25, -0.2) is 0 Å². The SMILES string of the molecule is CC(C)CNC(=O)C(Cc1ccccc1)N(Cc1c(Cl)cccc1Cl)C(=O)CSCc1c(Cl)cccc1Cl. The van der Waals surface area contributed by atoms with Gasteiger partial charge in [0.15, 0.2) is 0 Å². The zero-order chi connectivity index (χ0) is 27.7. The second kappa shape index (κ2) is 15.0. The van der Waals surface area contributed by atoms with Crippen molar-refractivity contribution in [1.29, 1.82) is 0 Å². The molecule has 9 heteroatoms. The van der Waals surface area contributed by atoms with Gasteiger partial charge in [0.1, 0.15) is 6.04 Å². The van der Waals surface area contributed by atoms with Gasteiger partial charge in [-0.1, -0.05) is 103 Å². The maximum absolute atomic E-state index is 13.8. The minimum absolute atomic E-state index is 0.0946. The summed E-state index contributed by atoms with van der Waals surface area (Å²) in [6.45, 7) is 4.64. The summed E-state index contributed by atoms with van der Waals surface area (Å²) >= 11 is 27.0. The average molecular weight is 612 g/mol. The van der Waals surface area contributed by atoms with Gasteiger partial charge >= 0.3 is 0 Å². The van der Waals surface area contributed by atoms with Gasteiger partial charge in [-0.15, -0.1) is 11.8 Å². The predicted molar refractivity (Wildman–Crippen MR) is 161 cm³/mol. The van der Waals surface area contributed by atoms with E-state index in [0.717, 1.165) is 11.1 Å². The Morgan fingerprint density at radius 1 is 0.816 bits per heavy atom. The third-order valence-corrected chi connectivity index (χ3v) is 8.24. The topological polar surface area (TPSA) is 49.4 Å². The summed E-state index contributed by atoms with van der Waals surface area (Å²) in [5, 5.41) is 4.98. The van der Waals surface area contributed by atoms with Crippen LogP contribution in [0.5, 0.6) is 0 Å². The second-order valence-electron chi connectivity index (χ2n) is 9.26. The van der Waals surface area contributed by atoms with Crippen molar-refractivity contribution in [3.63, 3.8) is 0 Å². The fourth-order valence-electron chi connectivity index (χ4n) is 3.82. The molecule has 0 aromatic heterocycles. The number of halogens is 4. The molecule has 1 atom stereocenters. The molecule has 0 heterocycles. The number of rotatable bonds is 12. The fraction of sp³-hybridized carbons (Fsp3) is 0.310. The van der Waals surface area contributed by atoms with Crippen LogP contribution in [0.15, 0.2) is 66.7 Å². The van der Waals surface area contributed by atoms with E-state index < -0.39 is 6.04 Å². The van der Waals surface area contributed by atoms with E-state index in [1.54, 1.807) is 41.3 Å². The van der Waals surface area contributed by atoms with E-state index in [4.69, 9.17) is 46.4 Å². The predicted octanol–water partition coefficient (Wildman–Crippen LogP) is 7.95. The van der Waals surface area contributed by atoms with E-state index in [1.165, 1.54) is 11.8 Å². The number of hydrogen-bond donors (Lipinski definition) is 1. The lowest BCUT2D eigenvalue weighted by Crippen LogP contribution is -2.51. The van der Waals surface area contributed by atoms with E-state index in [9.17, 15) is 9.59 Å². The van der Waals surface area contributed by atoms with Crippen molar-refractivity contribution in [2.75, 3.05) is 12.3 Å². The molecule has 0 aliphatic carbocycles. The number of thioether (sulfide) groups is 1. The largest absolute Gasteiger partial charge is 0.354 e. The van der Waals surface area contributed by atoms with Crippen LogP contribution in [0, 0.1) is 5.92 Å². The number of carbonyl (C=O) groups excluding carboxylic acids is 2. The Hall–Kier alpha value is -1.89. The first kappa shape index (κ1) is 30.6. The molecule has 0 fully saturated rings. The Kier molecular flexibility index (Phi) is 12.1. The van der Waals surface area contributed by atoms with Crippen LogP contribution in [0.2, 0.25) is 20.1 Å². The molecule has 3 rings (SSSR count). The molecule has 0 spiro atoms. The Balaban J connectivity index is 1.91. The standard InChI is InChI=1S/C29H30Cl4N2O2S/c1-19(2)15-34-29(37)27(14-20-8-4-3-5-9-20)35(16-21-23(30)10-6-11-24(21)31)28(36)18-38-17-22-25(32)12-7-13-26(22)33/h3-13,19,27H,14-18H2,1-2H3,(H,34,37). The maximum Gasteiger partial charge on any atom is 0.243 e. The molecule has 38 heavy (non-hydrogen) atoms. The average Bonchev–Trinajstić information content (AvgIpc) is 2.88. The molecule has 0 saturated carbocycles. The van der Waals surface area contributed by atoms with Gasteiger partial charge in [-0.2, -0.15) is 0 Å². The summed E-state index contributed by atoms with van der Waals surface area (Å²) in [6.07, 6.45) is 0.347. The van der Waals surface area contributed by atoms with Gasteiger partial charge in [0.05, 0.1) is 5.75 Å². The van der Waals surface area contributed by atoms with Crippen LogP contribution < -0.4 is 5.32 Å². The van der Waals surface area contributed by atoms with Gasteiger partial charge in [-0.3, -0.25) is 9.59 Å². The Morgan fingerprint density at radius 3 is 1.92 bits per heavy atom. The first-order valence-corrected chi connectivity index (χ1v) is 14.9. The normalized spacial score (nSPS) is 11.9. The minimum atomic E-state index is -0.763. The van der Waals surface area contributed by atoms with E-state index in [0.29, 0.717) is 44.4 Å². The number of carbonyl (C=O) groups is 2. The first-order chi connectivity index (χ1) is 18.2. The summed E-state index contributed by atoms with van der Waals surface area (Å²) in [5.41, 5.74) is 2.30. The maximum atomic E-state index is 13.8. The van der Waals surface area contributed by atoms with Crippen molar-refractivity contribution in [2.24, 2.45) is 5.92 Å². The zero-order valence-corrected chi connectivity index (χ0v) is 25.1. The van der Waals surface area contributed by atoms with Crippen molar-refractivity contribution < 1.29 is 9.59 Å². The lowest BCUT2D eigenvalue weighted by molar-refractivity contribution is -0.139. The highest BCUT2D eigenvalue weighted by atomic mass is 35.5. The molecule has 0 saturated heterocycles. The number of nitrogens with one attached hydrogen (secondary N) is 1. The number of nitrogens with zero attached hydrogens (tertiary/aromatic N) is 1. The van der Waals surface area contributed by atoms with Crippen LogP contribution in [0.25, 0.3) is 0 Å². The summed E-state index contributed by atoms with van der Waals surface area (Å²) in [4.78, 5) is 28.9. The van der Waals surface area contributed by atoms with Crippen molar-refractivity contribution in [2.45, 2.75) is 38.6 Å². The smallest absolute Gasteiger partial charge is 0.243 e. The molecule has 1 N–H and O–H groups in total. The van der Waals surface area contributed by atoms with Crippen LogP contribution in [-0.4, -0.2) is 35.1 Å². The van der Waals surface area contributed by atoms with Crippen LogP contribution in [-0.2, 0) is 28.3 Å². The fourth-order valence-corrected chi connectivity index (χ4v) is 5.99. The molecule has 0 aliphatic heterocycles.